The number of nitrogens with one attached hydrogen (secondary N) is 1. The molecule has 1 fully saturated rings. The van der Waals surface area contributed by atoms with E-state index in [4.69, 9.17) is 9.84 Å². The number of carboxylic acids is 1. The van der Waals surface area contributed by atoms with Crippen LogP contribution in [0.4, 0.5) is 0 Å². The van der Waals surface area contributed by atoms with Gasteiger partial charge in [0.1, 0.15) is 5.69 Å². The molecule has 1 aromatic rings. The summed E-state index contributed by atoms with van der Waals surface area (Å²) in [6.45, 7) is 3.17. The topological polar surface area (TPSA) is 71.5 Å². The van der Waals surface area contributed by atoms with E-state index < -0.39 is 5.97 Å². The van der Waals surface area contributed by atoms with Crippen LogP contribution in [0.2, 0.25) is 0 Å². The number of aromatic carboxylic acids is 1. The molecule has 1 aromatic heterocycles. The van der Waals surface area contributed by atoms with E-state index in [0.29, 0.717) is 12.5 Å². The van der Waals surface area contributed by atoms with Crippen LogP contribution in [0.3, 0.4) is 0 Å². The van der Waals surface area contributed by atoms with E-state index in [1.54, 1.807) is 6.07 Å². The standard InChI is InChI=1S/C13H18N2O3/c16-13(17)12-5-1-4-11(15-12)8-14-7-10-3-2-6-18-9-10/h1,4-5,10,14H,2-3,6-9H2,(H,16,17). The van der Waals surface area contributed by atoms with Crippen molar-refractivity contribution >= 4 is 5.97 Å². The molecule has 0 aliphatic carbocycles. The van der Waals surface area contributed by atoms with Crippen LogP contribution in [0.5, 0.6) is 0 Å². The maximum atomic E-state index is 10.8. The first-order chi connectivity index (χ1) is 8.75. The van der Waals surface area contributed by atoms with Gasteiger partial charge in [-0.25, -0.2) is 9.78 Å². The fraction of sp³-hybridized carbons (Fsp3) is 0.538. The number of carboxylic acid groups (broad SMARTS) is 1. The molecule has 5 nitrogen and oxygen atoms in total. The summed E-state index contributed by atoms with van der Waals surface area (Å²) in [5.74, 6) is -0.432. The van der Waals surface area contributed by atoms with E-state index in [9.17, 15) is 4.79 Å². The van der Waals surface area contributed by atoms with Gasteiger partial charge >= 0.3 is 5.97 Å². The fourth-order valence-electron chi connectivity index (χ4n) is 2.07. The molecule has 1 unspecified atom stereocenters. The van der Waals surface area contributed by atoms with Crippen molar-refractivity contribution in [3.05, 3.63) is 29.6 Å². The number of pyridine rings is 1. The number of rotatable bonds is 5. The van der Waals surface area contributed by atoms with E-state index in [1.165, 1.54) is 12.5 Å². The summed E-state index contributed by atoms with van der Waals surface area (Å²) >= 11 is 0. The molecule has 0 saturated carbocycles. The van der Waals surface area contributed by atoms with Crippen LogP contribution in [0.15, 0.2) is 18.2 Å². The zero-order valence-corrected chi connectivity index (χ0v) is 10.3. The van der Waals surface area contributed by atoms with Crippen molar-refractivity contribution in [2.24, 2.45) is 5.92 Å². The van der Waals surface area contributed by atoms with E-state index in [-0.39, 0.29) is 5.69 Å². The Labute approximate surface area is 106 Å². The van der Waals surface area contributed by atoms with Crippen LogP contribution in [-0.2, 0) is 11.3 Å². The number of hydrogen-bond donors (Lipinski definition) is 2. The van der Waals surface area contributed by atoms with Crippen LogP contribution in [0.25, 0.3) is 0 Å². The van der Waals surface area contributed by atoms with Crippen molar-refractivity contribution in [1.82, 2.24) is 10.3 Å². The lowest BCUT2D eigenvalue weighted by molar-refractivity contribution is 0.0547. The van der Waals surface area contributed by atoms with Gasteiger partial charge in [-0.05, 0) is 30.9 Å². The molecule has 0 aromatic carbocycles. The lowest BCUT2D eigenvalue weighted by Crippen LogP contribution is -2.29. The second kappa shape index (κ2) is 6.47. The summed E-state index contributed by atoms with van der Waals surface area (Å²) < 4.78 is 5.40. The van der Waals surface area contributed by atoms with Crippen molar-refractivity contribution in [2.45, 2.75) is 19.4 Å². The van der Waals surface area contributed by atoms with Crippen LogP contribution < -0.4 is 5.32 Å². The SMILES string of the molecule is O=C(O)c1cccc(CNCC2CCCOC2)n1. The zero-order chi connectivity index (χ0) is 12.8. The number of ether oxygens (including phenoxy) is 1. The summed E-state index contributed by atoms with van der Waals surface area (Å²) in [4.78, 5) is 14.8. The molecule has 98 valence electrons. The Bertz CT molecular complexity index is 403. The first kappa shape index (κ1) is 13.0. The summed E-state index contributed by atoms with van der Waals surface area (Å²) in [7, 11) is 0. The molecular weight excluding hydrogens is 232 g/mol. The Hall–Kier alpha value is -1.46. The average Bonchev–Trinajstić information content (AvgIpc) is 2.40. The molecule has 0 amide bonds. The third-order valence-electron chi connectivity index (χ3n) is 3.02. The van der Waals surface area contributed by atoms with Crippen LogP contribution in [0, 0.1) is 5.92 Å². The number of nitrogens with zero attached hydrogens (tertiary/aromatic N) is 1. The lowest BCUT2D eigenvalue weighted by Gasteiger charge is -2.22. The summed E-state index contributed by atoms with van der Waals surface area (Å²) in [5.41, 5.74) is 0.849. The Kier molecular flexibility index (Phi) is 4.66. The van der Waals surface area contributed by atoms with Crippen LogP contribution >= 0.6 is 0 Å². The quantitative estimate of drug-likeness (QED) is 0.824. The largest absolute Gasteiger partial charge is 0.477 e. The van der Waals surface area contributed by atoms with Crippen LogP contribution in [0.1, 0.15) is 29.0 Å². The molecule has 5 heteroatoms. The van der Waals surface area contributed by atoms with Crippen molar-refractivity contribution in [3.8, 4) is 0 Å². The molecule has 18 heavy (non-hydrogen) atoms. The molecule has 1 aliphatic rings. The molecule has 1 atom stereocenters. The maximum Gasteiger partial charge on any atom is 0.354 e. The van der Waals surface area contributed by atoms with Crippen molar-refractivity contribution in [1.29, 1.82) is 0 Å². The van der Waals surface area contributed by atoms with Crippen molar-refractivity contribution < 1.29 is 14.6 Å². The van der Waals surface area contributed by atoms with Gasteiger partial charge in [0.15, 0.2) is 0 Å². The maximum absolute atomic E-state index is 10.8. The Morgan fingerprint density at radius 3 is 3.17 bits per heavy atom. The van der Waals surface area contributed by atoms with Gasteiger partial charge in [-0.15, -0.1) is 0 Å². The Morgan fingerprint density at radius 2 is 2.44 bits per heavy atom. The second-order valence-electron chi connectivity index (χ2n) is 4.53. The Morgan fingerprint density at radius 1 is 1.56 bits per heavy atom. The smallest absolute Gasteiger partial charge is 0.354 e. The summed E-state index contributed by atoms with van der Waals surface area (Å²) in [6.07, 6.45) is 2.31. The zero-order valence-electron chi connectivity index (χ0n) is 10.3. The highest BCUT2D eigenvalue weighted by Crippen LogP contribution is 2.12. The van der Waals surface area contributed by atoms with Crippen LogP contribution in [-0.4, -0.2) is 35.8 Å². The molecule has 2 heterocycles. The third-order valence-corrected chi connectivity index (χ3v) is 3.02. The molecule has 2 N–H and O–H groups in total. The van der Waals surface area contributed by atoms with E-state index >= 15 is 0 Å². The van der Waals surface area contributed by atoms with Gasteiger partial charge in [-0.1, -0.05) is 6.07 Å². The number of hydrogen-bond acceptors (Lipinski definition) is 4. The molecule has 0 bridgehead atoms. The van der Waals surface area contributed by atoms with Gasteiger partial charge < -0.3 is 15.2 Å². The molecule has 1 saturated heterocycles. The first-order valence-electron chi connectivity index (χ1n) is 6.23. The molecule has 2 rings (SSSR count). The monoisotopic (exact) mass is 250 g/mol. The Balaban J connectivity index is 1.78. The summed E-state index contributed by atoms with van der Waals surface area (Å²) in [5, 5.41) is 12.1. The third kappa shape index (κ3) is 3.78. The predicted octanol–water partition coefficient (Wildman–Crippen LogP) is 1.30. The first-order valence-corrected chi connectivity index (χ1v) is 6.23. The van der Waals surface area contributed by atoms with E-state index in [2.05, 4.69) is 10.3 Å². The minimum absolute atomic E-state index is 0.0929. The van der Waals surface area contributed by atoms with E-state index in [0.717, 1.165) is 31.9 Å². The normalized spacial score (nSPS) is 19.7. The van der Waals surface area contributed by atoms with Gasteiger partial charge in [0, 0.05) is 19.7 Å². The average molecular weight is 250 g/mol. The summed E-state index contributed by atoms with van der Waals surface area (Å²) in [6, 6.07) is 5.05. The van der Waals surface area contributed by atoms with Gasteiger partial charge in [-0.2, -0.15) is 0 Å². The molecule has 0 spiro atoms. The molecule has 0 radical (unpaired) electrons. The van der Waals surface area contributed by atoms with Gasteiger partial charge in [0.05, 0.1) is 12.3 Å². The number of aromatic nitrogens is 1. The van der Waals surface area contributed by atoms with E-state index in [1.807, 2.05) is 6.07 Å². The van der Waals surface area contributed by atoms with Crippen molar-refractivity contribution in [2.75, 3.05) is 19.8 Å². The fourth-order valence-corrected chi connectivity index (χ4v) is 2.07. The molecular formula is C13H18N2O3. The molecule has 1 aliphatic heterocycles. The highest BCUT2D eigenvalue weighted by Gasteiger charge is 2.13. The van der Waals surface area contributed by atoms with Gasteiger partial charge in [-0.3, -0.25) is 0 Å². The minimum Gasteiger partial charge on any atom is -0.477 e. The predicted molar refractivity (Wildman–Crippen MR) is 66.4 cm³/mol. The number of carbonyl (C=O) groups is 1. The van der Waals surface area contributed by atoms with Crippen molar-refractivity contribution in [3.63, 3.8) is 0 Å². The van der Waals surface area contributed by atoms with Gasteiger partial charge in [0.25, 0.3) is 0 Å². The lowest BCUT2D eigenvalue weighted by atomic mass is 10.0. The highest BCUT2D eigenvalue weighted by atomic mass is 16.5. The van der Waals surface area contributed by atoms with Gasteiger partial charge in [0.2, 0.25) is 0 Å². The highest BCUT2D eigenvalue weighted by molar-refractivity contribution is 5.85. The second-order valence-corrected chi connectivity index (χ2v) is 4.53. The minimum atomic E-state index is -0.988.